The standard InChI is InChI=1S/C34H40N8O2/c1-34(2,3)44-33(43)37-25-12-9-21-10-14-26(19-24(21)11-13-25)36-32-39-31(35)42(40-32)28-20-27(22-7-5-4-6-8-22)30-29(38-28)23-15-17-41(30)18-16-23/h4-8,10,14,19-20,23,25H,9,11-13,15-18H2,1-3H3,(H,37,43)(H3,35,36,39,40)/t25-/m0/s1. The molecule has 4 aromatic rings. The largest absolute Gasteiger partial charge is 0.444 e. The van der Waals surface area contributed by atoms with Crippen LogP contribution in [-0.4, -0.2) is 50.6 Å². The van der Waals surface area contributed by atoms with Crippen LogP contribution in [0, 0.1) is 0 Å². The van der Waals surface area contributed by atoms with Crippen molar-refractivity contribution in [2.24, 2.45) is 0 Å². The summed E-state index contributed by atoms with van der Waals surface area (Å²) >= 11 is 0. The number of ether oxygens (including phenoxy) is 1. The minimum Gasteiger partial charge on any atom is -0.444 e. The second-order valence-electron chi connectivity index (χ2n) is 13.1. The number of piperidine rings is 1. The van der Waals surface area contributed by atoms with Crippen LogP contribution in [0.2, 0.25) is 0 Å². The van der Waals surface area contributed by atoms with Gasteiger partial charge in [-0.1, -0.05) is 36.4 Å². The Bertz CT molecular complexity index is 1690. The number of nitrogens with two attached hydrogens (primary N) is 1. The fourth-order valence-corrected chi connectivity index (χ4v) is 6.76. The smallest absolute Gasteiger partial charge is 0.407 e. The second-order valence-corrected chi connectivity index (χ2v) is 13.1. The number of carbonyl (C=O) groups excluding carboxylic acids is 1. The number of aromatic nitrogens is 4. The summed E-state index contributed by atoms with van der Waals surface area (Å²) in [7, 11) is 0. The predicted octanol–water partition coefficient (Wildman–Crippen LogP) is 6.12. The Hall–Kier alpha value is -4.60. The molecule has 5 heterocycles. The molecular weight excluding hydrogens is 552 g/mol. The van der Waals surface area contributed by atoms with Crippen LogP contribution in [0.1, 0.15) is 69.2 Å². The third kappa shape index (κ3) is 5.68. The van der Waals surface area contributed by atoms with E-state index in [0.29, 0.717) is 17.7 Å². The summed E-state index contributed by atoms with van der Waals surface area (Å²) in [5, 5.41) is 11.2. The van der Waals surface area contributed by atoms with E-state index in [4.69, 9.17) is 20.6 Å². The SMILES string of the molecule is CC(C)(C)OC(=O)N[C@H]1CCc2ccc(Nc3nc(N)n(-c4cc(-c5ccccc5)c5c(n4)C4CCN5CC4)n3)cc2CC1. The Morgan fingerprint density at radius 3 is 2.45 bits per heavy atom. The highest BCUT2D eigenvalue weighted by Gasteiger charge is 2.35. The molecule has 10 heteroatoms. The number of fused-ring (bicyclic) bond motifs is 3. The molecule has 2 bridgehead atoms. The third-order valence-corrected chi connectivity index (χ3v) is 8.85. The molecule has 0 saturated carbocycles. The monoisotopic (exact) mass is 592 g/mol. The lowest BCUT2D eigenvalue weighted by Crippen LogP contribution is -2.40. The summed E-state index contributed by atoms with van der Waals surface area (Å²) in [6.45, 7) is 7.77. The molecular formula is C34H40N8O2. The number of hydrogen-bond donors (Lipinski definition) is 3. The number of benzene rings is 2. The molecule has 228 valence electrons. The molecule has 8 rings (SSSR count). The van der Waals surface area contributed by atoms with Gasteiger partial charge in [0.2, 0.25) is 11.9 Å². The van der Waals surface area contributed by atoms with Gasteiger partial charge in [0, 0.05) is 36.3 Å². The van der Waals surface area contributed by atoms with Crippen LogP contribution in [-0.2, 0) is 17.6 Å². The maximum atomic E-state index is 12.3. The highest BCUT2D eigenvalue weighted by molar-refractivity contribution is 5.83. The van der Waals surface area contributed by atoms with E-state index in [-0.39, 0.29) is 18.1 Å². The Labute approximate surface area is 258 Å². The quantitative estimate of drug-likeness (QED) is 0.237. The van der Waals surface area contributed by atoms with E-state index in [1.165, 1.54) is 16.8 Å². The van der Waals surface area contributed by atoms with Crippen LogP contribution in [0.15, 0.2) is 54.6 Å². The maximum Gasteiger partial charge on any atom is 0.407 e. The van der Waals surface area contributed by atoms with Crippen LogP contribution in [0.25, 0.3) is 16.9 Å². The number of rotatable bonds is 5. The van der Waals surface area contributed by atoms with Crippen molar-refractivity contribution >= 4 is 29.4 Å². The van der Waals surface area contributed by atoms with Crippen molar-refractivity contribution in [1.29, 1.82) is 0 Å². The molecule has 1 amide bonds. The molecule has 10 nitrogen and oxygen atoms in total. The minimum atomic E-state index is -0.513. The minimum absolute atomic E-state index is 0.0720. The number of hydrogen-bond acceptors (Lipinski definition) is 8. The van der Waals surface area contributed by atoms with Gasteiger partial charge < -0.3 is 26.0 Å². The van der Waals surface area contributed by atoms with Crippen LogP contribution >= 0.6 is 0 Å². The van der Waals surface area contributed by atoms with Gasteiger partial charge in [0.05, 0.1) is 11.4 Å². The van der Waals surface area contributed by atoms with Gasteiger partial charge in [-0.05, 0) is 94.2 Å². The van der Waals surface area contributed by atoms with E-state index >= 15 is 0 Å². The lowest BCUT2D eigenvalue weighted by atomic mass is 9.84. The summed E-state index contributed by atoms with van der Waals surface area (Å²) in [6.07, 6.45) is 5.35. The molecule has 0 spiro atoms. The summed E-state index contributed by atoms with van der Waals surface area (Å²) in [5.74, 6) is 1.83. The van der Waals surface area contributed by atoms with Crippen molar-refractivity contribution < 1.29 is 9.53 Å². The number of nitrogen functional groups attached to an aromatic ring is 1. The Morgan fingerprint density at radius 2 is 1.70 bits per heavy atom. The summed E-state index contributed by atoms with van der Waals surface area (Å²) in [4.78, 5) is 24.5. The summed E-state index contributed by atoms with van der Waals surface area (Å²) in [5.41, 5.74) is 14.1. The van der Waals surface area contributed by atoms with Crippen LogP contribution in [0.5, 0.6) is 0 Å². The summed E-state index contributed by atoms with van der Waals surface area (Å²) < 4.78 is 7.11. The number of aryl methyl sites for hydroxylation is 2. The normalized spacial score (nSPS) is 17.9. The molecule has 2 aromatic heterocycles. The van der Waals surface area contributed by atoms with Gasteiger partial charge in [0.15, 0.2) is 5.82 Å². The first-order valence-electron chi connectivity index (χ1n) is 15.7. The average Bonchev–Trinajstić information content (AvgIpc) is 3.26. The predicted molar refractivity (Wildman–Crippen MR) is 173 cm³/mol. The van der Waals surface area contributed by atoms with Crippen molar-refractivity contribution in [3.05, 3.63) is 71.4 Å². The number of nitrogens with one attached hydrogen (secondary N) is 2. The van der Waals surface area contributed by atoms with E-state index in [2.05, 4.69) is 63.0 Å². The Balaban J connectivity index is 1.11. The number of amides is 1. The highest BCUT2D eigenvalue weighted by atomic mass is 16.6. The van der Waals surface area contributed by atoms with Crippen LogP contribution in [0.3, 0.4) is 0 Å². The lowest BCUT2D eigenvalue weighted by molar-refractivity contribution is 0.0500. The first kappa shape index (κ1) is 28.2. The average molecular weight is 593 g/mol. The van der Waals surface area contributed by atoms with E-state index in [0.717, 1.165) is 74.1 Å². The molecule has 2 aromatic carbocycles. The molecule has 1 aliphatic carbocycles. The van der Waals surface area contributed by atoms with Crippen LogP contribution in [0.4, 0.5) is 28.1 Å². The Kier molecular flexibility index (Phi) is 7.14. The number of pyridine rings is 1. The number of nitrogens with zero attached hydrogens (tertiary/aromatic N) is 5. The molecule has 4 N–H and O–H groups in total. The summed E-state index contributed by atoms with van der Waals surface area (Å²) in [6, 6.07) is 19.0. The van der Waals surface area contributed by atoms with Crippen molar-refractivity contribution in [3.63, 3.8) is 0 Å². The van der Waals surface area contributed by atoms with Gasteiger partial charge in [-0.2, -0.15) is 9.67 Å². The van der Waals surface area contributed by atoms with Crippen LogP contribution < -0.4 is 21.3 Å². The van der Waals surface area contributed by atoms with Crippen molar-refractivity contribution in [2.75, 3.05) is 29.0 Å². The molecule has 44 heavy (non-hydrogen) atoms. The van der Waals surface area contributed by atoms with Gasteiger partial charge in [0.25, 0.3) is 0 Å². The first-order chi connectivity index (χ1) is 21.2. The fourth-order valence-electron chi connectivity index (χ4n) is 6.76. The van der Waals surface area contributed by atoms with Gasteiger partial charge in [-0.3, -0.25) is 0 Å². The lowest BCUT2D eigenvalue weighted by Gasteiger charge is -2.42. The fraction of sp³-hybridized carbons (Fsp3) is 0.412. The van der Waals surface area contributed by atoms with Gasteiger partial charge in [-0.15, -0.1) is 5.10 Å². The van der Waals surface area contributed by atoms with Crippen molar-refractivity contribution in [3.8, 4) is 16.9 Å². The molecule has 1 fully saturated rings. The van der Waals surface area contributed by atoms with Crippen molar-refractivity contribution in [1.82, 2.24) is 25.1 Å². The zero-order chi connectivity index (χ0) is 30.4. The van der Waals surface area contributed by atoms with Gasteiger partial charge in [-0.25, -0.2) is 9.78 Å². The molecule has 0 unspecified atom stereocenters. The molecule has 1 atom stereocenters. The highest BCUT2D eigenvalue weighted by Crippen LogP contribution is 2.46. The maximum absolute atomic E-state index is 12.3. The third-order valence-electron chi connectivity index (χ3n) is 8.85. The van der Waals surface area contributed by atoms with Crippen molar-refractivity contribution in [2.45, 2.75) is 76.9 Å². The van der Waals surface area contributed by atoms with Gasteiger partial charge >= 0.3 is 6.09 Å². The topological polar surface area (TPSA) is 123 Å². The molecule has 1 saturated heterocycles. The van der Waals surface area contributed by atoms with E-state index < -0.39 is 5.60 Å². The zero-order valence-electron chi connectivity index (χ0n) is 25.6. The molecule has 3 aliphatic heterocycles. The second kappa shape index (κ2) is 11.2. The number of alkyl carbamates (subject to hydrolysis) is 1. The first-order valence-corrected chi connectivity index (χ1v) is 15.7. The van der Waals surface area contributed by atoms with E-state index in [1.807, 2.05) is 32.9 Å². The van der Waals surface area contributed by atoms with E-state index in [1.54, 1.807) is 4.68 Å². The molecule has 4 aliphatic rings. The number of carbonyl (C=O) groups is 1. The van der Waals surface area contributed by atoms with E-state index in [9.17, 15) is 4.79 Å². The molecule has 0 radical (unpaired) electrons. The van der Waals surface area contributed by atoms with Gasteiger partial charge in [0.1, 0.15) is 5.60 Å². The number of anilines is 4. The zero-order valence-corrected chi connectivity index (χ0v) is 25.6. The Morgan fingerprint density at radius 1 is 0.955 bits per heavy atom.